The third kappa shape index (κ3) is 8.10. The number of ether oxygens (including phenoxy) is 2. The first-order valence-corrected chi connectivity index (χ1v) is 14.2. The van der Waals surface area contributed by atoms with E-state index in [-0.39, 0.29) is 5.91 Å². The standard InChI is InChI=1S/C31H36N4O3S/c1-23-12-15-26(16-13-23)35-29(22-24-9-5-4-6-10-24)33-34-31(35)39-20-8-7-11-30(36)32-19-18-25-14-17-27(37-2)28(21-25)38-3/h4-6,9-10,12-17,21H,7-8,11,18-20,22H2,1-3H3,(H,32,36). The number of methoxy groups -OCH3 is 2. The van der Waals surface area contributed by atoms with E-state index < -0.39 is 0 Å². The fourth-order valence-corrected chi connectivity index (χ4v) is 5.23. The molecule has 0 spiro atoms. The molecule has 3 aromatic carbocycles. The van der Waals surface area contributed by atoms with Crippen LogP contribution >= 0.6 is 11.8 Å². The molecule has 1 amide bonds. The molecule has 0 atom stereocenters. The number of nitrogens with zero attached hydrogens (tertiary/aromatic N) is 3. The van der Waals surface area contributed by atoms with Gasteiger partial charge in [-0.2, -0.15) is 0 Å². The SMILES string of the molecule is COc1ccc(CCNC(=O)CCCCSc2nnc(Cc3ccccc3)n2-c2ccc(C)cc2)cc1OC. The molecule has 0 unspecified atom stereocenters. The molecule has 4 rings (SSSR count). The maximum absolute atomic E-state index is 12.3. The topological polar surface area (TPSA) is 78.3 Å². The number of hydrogen-bond acceptors (Lipinski definition) is 6. The van der Waals surface area contributed by atoms with Crippen LogP contribution in [-0.2, 0) is 17.6 Å². The molecule has 0 aliphatic heterocycles. The van der Waals surface area contributed by atoms with E-state index in [0.717, 1.165) is 47.2 Å². The maximum Gasteiger partial charge on any atom is 0.220 e. The summed E-state index contributed by atoms with van der Waals surface area (Å²) in [5.41, 5.74) is 4.57. The smallest absolute Gasteiger partial charge is 0.220 e. The predicted octanol–water partition coefficient (Wildman–Crippen LogP) is 5.81. The predicted molar refractivity (Wildman–Crippen MR) is 156 cm³/mol. The molecule has 4 aromatic rings. The summed E-state index contributed by atoms with van der Waals surface area (Å²) >= 11 is 1.69. The van der Waals surface area contributed by atoms with E-state index in [9.17, 15) is 4.79 Å². The molecule has 0 radical (unpaired) electrons. The van der Waals surface area contributed by atoms with Gasteiger partial charge in [0.05, 0.1) is 14.2 Å². The Morgan fingerprint density at radius 2 is 1.67 bits per heavy atom. The summed E-state index contributed by atoms with van der Waals surface area (Å²) < 4.78 is 12.8. The Morgan fingerprint density at radius 1 is 0.897 bits per heavy atom. The van der Waals surface area contributed by atoms with Crippen molar-refractivity contribution in [2.24, 2.45) is 0 Å². The number of rotatable bonds is 14. The first-order chi connectivity index (χ1) is 19.1. The van der Waals surface area contributed by atoms with Gasteiger partial charge < -0.3 is 14.8 Å². The molecule has 0 saturated carbocycles. The summed E-state index contributed by atoms with van der Waals surface area (Å²) in [6.45, 7) is 2.68. The summed E-state index contributed by atoms with van der Waals surface area (Å²) in [7, 11) is 3.24. The van der Waals surface area contributed by atoms with Crippen molar-refractivity contribution in [1.29, 1.82) is 0 Å². The average molecular weight is 545 g/mol. The largest absolute Gasteiger partial charge is 0.493 e. The van der Waals surface area contributed by atoms with Crippen molar-refractivity contribution in [2.75, 3.05) is 26.5 Å². The zero-order valence-electron chi connectivity index (χ0n) is 22.9. The summed E-state index contributed by atoms with van der Waals surface area (Å²) in [5.74, 6) is 3.26. The molecule has 1 aromatic heterocycles. The van der Waals surface area contributed by atoms with Crippen LogP contribution in [0.5, 0.6) is 11.5 Å². The Hall–Kier alpha value is -3.78. The van der Waals surface area contributed by atoms with Gasteiger partial charge >= 0.3 is 0 Å². The zero-order valence-corrected chi connectivity index (χ0v) is 23.7. The van der Waals surface area contributed by atoms with Gasteiger partial charge in [0.15, 0.2) is 16.7 Å². The van der Waals surface area contributed by atoms with Gasteiger partial charge in [-0.15, -0.1) is 10.2 Å². The lowest BCUT2D eigenvalue weighted by Gasteiger charge is -2.11. The van der Waals surface area contributed by atoms with Crippen LogP contribution in [-0.4, -0.2) is 47.2 Å². The van der Waals surface area contributed by atoms with E-state index in [1.807, 2.05) is 36.4 Å². The molecular weight excluding hydrogens is 508 g/mol. The lowest BCUT2D eigenvalue weighted by Crippen LogP contribution is -2.25. The van der Waals surface area contributed by atoms with Crippen LogP contribution in [0.4, 0.5) is 0 Å². The number of thioether (sulfide) groups is 1. The second-order valence-corrected chi connectivity index (χ2v) is 10.4. The highest BCUT2D eigenvalue weighted by atomic mass is 32.2. The second kappa shape index (κ2) is 14.4. The van der Waals surface area contributed by atoms with Crippen molar-refractivity contribution in [1.82, 2.24) is 20.1 Å². The number of benzene rings is 3. The van der Waals surface area contributed by atoms with Gasteiger partial charge in [-0.25, -0.2) is 0 Å². The maximum atomic E-state index is 12.3. The fraction of sp³-hybridized carbons (Fsp3) is 0.323. The van der Waals surface area contributed by atoms with Crippen molar-refractivity contribution < 1.29 is 14.3 Å². The number of carbonyl (C=O) groups excluding carboxylic acids is 1. The van der Waals surface area contributed by atoms with Crippen LogP contribution in [0.1, 0.15) is 41.8 Å². The highest BCUT2D eigenvalue weighted by Gasteiger charge is 2.15. The normalized spacial score (nSPS) is 10.8. The van der Waals surface area contributed by atoms with Gasteiger partial charge in [-0.05, 0) is 61.6 Å². The van der Waals surface area contributed by atoms with Crippen LogP contribution < -0.4 is 14.8 Å². The zero-order chi connectivity index (χ0) is 27.5. The van der Waals surface area contributed by atoms with Crippen LogP contribution in [0.15, 0.2) is 78.0 Å². The molecule has 8 heteroatoms. The second-order valence-electron chi connectivity index (χ2n) is 9.33. The lowest BCUT2D eigenvalue weighted by molar-refractivity contribution is -0.121. The van der Waals surface area contributed by atoms with Gasteiger partial charge in [0.25, 0.3) is 0 Å². The van der Waals surface area contributed by atoms with Crippen molar-refractivity contribution in [2.45, 2.75) is 44.2 Å². The molecule has 0 bridgehead atoms. The lowest BCUT2D eigenvalue weighted by atomic mass is 10.1. The number of hydrogen-bond donors (Lipinski definition) is 1. The molecule has 1 heterocycles. The highest BCUT2D eigenvalue weighted by Crippen LogP contribution is 2.28. The number of aromatic nitrogens is 3. The number of amides is 1. The third-order valence-corrected chi connectivity index (χ3v) is 7.43. The molecule has 0 fully saturated rings. The fourth-order valence-electron chi connectivity index (χ4n) is 4.26. The van der Waals surface area contributed by atoms with E-state index in [2.05, 4.69) is 63.4 Å². The molecule has 0 aliphatic rings. The van der Waals surface area contributed by atoms with E-state index >= 15 is 0 Å². The number of nitrogens with one attached hydrogen (secondary N) is 1. The molecular formula is C31H36N4O3S. The summed E-state index contributed by atoms with van der Waals surface area (Å²) in [6.07, 6.45) is 3.71. The Bertz CT molecular complexity index is 1340. The van der Waals surface area contributed by atoms with Gasteiger partial charge in [0.1, 0.15) is 5.82 Å². The minimum atomic E-state index is 0.0773. The minimum Gasteiger partial charge on any atom is -0.493 e. The molecule has 1 N–H and O–H groups in total. The third-order valence-electron chi connectivity index (χ3n) is 6.41. The van der Waals surface area contributed by atoms with Crippen molar-refractivity contribution in [3.05, 3.63) is 95.3 Å². The van der Waals surface area contributed by atoms with Crippen molar-refractivity contribution in [3.63, 3.8) is 0 Å². The molecule has 0 saturated heterocycles. The van der Waals surface area contributed by atoms with Crippen molar-refractivity contribution in [3.8, 4) is 17.2 Å². The van der Waals surface area contributed by atoms with Crippen LogP contribution in [0, 0.1) is 6.92 Å². The number of carbonyl (C=O) groups is 1. The van der Waals surface area contributed by atoms with Gasteiger partial charge in [-0.1, -0.05) is 65.9 Å². The summed E-state index contributed by atoms with van der Waals surface area (Å²) in [4.78, 5) is 12.3. The van der Waals surface area contributed by atoms with E-state index in [0.29, 0.717) is 30.9 Å². The quantitative estimate of drug-likeness (QED) is 0.160. The summed E-state index contributed by atoms with van der Waals surface area (Å²) in [6, 6.07) is 24.6. The molecule has 39 heavy (non-hydrogen) atoms. The molecule has 0 aliphatic carbocycles. The first-order valence-electron chi connectivity index (χ1n) is 13.2. The number of unbranched alkanes of at least 4 members (excludes halogenated alkanes) is 1. The number of aryl methyl sites for hydroxylation is 1. The average Bonchev–Trinajstić information content (AvgIpc) is 3.35. The van der Waals surface area contributed by atoms with E-state index in [4.69, 9.17) is 9.47 Å². The Balaban J connectivity index is 1.25. The minimum absolute atomic E-state index is 0.0773. The highest BCUT2D eigenvalue weighted by molar-refractivity contribution is 7.99. The van der Waals surface area contributed by atoms with Crippen LogP contribution in [0.3, 0.4) is 0 Å². The Morgan fingerprint density at radius 3 is 2.41 bits per heavy atom. The monoisotopic (exact) mass is 544 g/mol. The molecule has 204 valence electrons. The van der Waals surface area contributed by atoms with Crippen LogP contribution in [0.25, 0.3) is 5.69 Å². The first kappa shape index (κ1) is 28.2. The van der Waals surface area contributed by atoms with Gasteiger partial charge in [0, 0.05) is 30.8 Å². The van der Waals surface area contributed by atoms with Gasteiger partial charge in [-0.3, -0.25) is 9.36 Å². The summed E-state index contributed by atoms with van der Waals surface area (Å²) in [5, 5.41) is 12.9. The van der Waals surface area contributed by atoms with E-state index in [1.165, 1.54) is 11.1 Å². The van der Waals surface area contributed by atoms with Crippen molar-refractivity contribution >= 4 is 17.7 Å². The Kier molecular flexibility index (Phi) is 10.4. The van der Waals surface area contributed by atoms with Gasteiger partial charge in [0.2, 0.25) is 5.91 Å². The molecule has 7 nitrogen and oxygen atoms in total. The Labute approximate surface area is 235 Å². The van der Waals surface area contributed by atoms with E-state index in [1.54, 1.807) is 26.0 Å². The van der Waals surface area contributed by atoms with Crippen LogP contribution in [0.2, 0.25) is 0 Å².